The molecule has 0 radical (unpaired) electrons. The lowest BCUT2D eigenvalue weighted by Crippen LogP contribution is -2.47. The standard InChI is InChI=1S/C14H23N3O3/c1-14(20,11-16(2)3)10-15-12(18)7-9-17-8-5-4-6-13(17)19/h4-6,8,20H,7,9-11H2,1-3H3,(H,15,18). The highest BCUT2D eigenvalue weighted by atomic mass is 16.3. The van der Waals surface area contributed by atoms with Crippen molar-refractivity contribution < 1.29 is 9.90 Å². The van der Waals surface area contributed by atoms with Crippen LogP contribution in [0.3, 0.4) is 0 Å². The fourth-order valence-electron chi connectivity index (χ4n) is 1.98. The third-order valence-electron chi connectivity index (χ3n) is 2.80. The van der Waals surface area contributed by atoms with E-state index in [9.17, 15) is 14.7 Å². The summed E-state index contributed by atoms with van der Waals surface area (Å²) in [5.41, 5.74) is -1.09. The second kappa shape index (κ2) is 7.21. The van der Waals surface area contributed by atoms with Crippen LogP contribution in [0.25, 0.3) is 0 Å². The van der Waals surface area contributed by atoms with E-state index in [2.05, 4.69) is 5.32 Å². The summed E-state index contributed by atoms with van der Waals surface area (Å²) in [5.74, 6) is -0.181. The Kier molecular flexibility index (Phi) is 5.91. The molecule has 20 heavy (non-hydrogen) atoms. The summed E-state index contributed by atoms with van der Waals surface area (Å²) in [6.45, 7) is 2.66. The van der Waals surface area contributed by atoms with Crippen molar-refractivity contribution in [1.82, 2.24) is 14.8 Å². The molecule has 1 amide bonds. The van der Waals surface area contributed by atoms with Crippen molar-refractivity contribution in [2.45, 2.75) is 25.5 Å². The zero-order valence-corrected chi connectivity index (χ0v) is 12.3. The first-order chi connectivity index (χ1) is 9.30. The SMILES string of the molecule is CN(C)CC(C)(O)CNC(=O)CCn1ccccc1=O. The van der Waals surface area contributed by atoms with Gasteiger partial charge >= 0.3 is 0 Å². The summed E-state index contributed by atoms with van der Waals surface area (Å²) in [6.07, 6.45) is 1.86. The van der Waals surface area contributed by atoms with Crippen LogP contribution in [-0.4, -0.2) is 53.3 Å². The lowest BCUT2D eigenvalue weighted by Gasteiger charge is -2.27. The van der Waals surface area contributed by atoms with Gasteiger partial charge in [0.05, 0.1) is 5.60 Å². The number of aliphatic hydroxyl groups is 1. The van der Waals surface area contributed by atoms with Gasteiger partial charge in [0.25, 0.3) is 5.56 Å². The molecule has 1 heterocycles. The van der Waals surface area contributed by atoms with Crippen LogP contribution in [-0.2, 0) is 11.3 Å². The average molecular weight is 281 g/mol. The molecule has 6 heteroatoms. The van der Waals surface area contributed by atoms with Gasteiger partial charge in [0, 0.05) is 38.3 Å². The smallest absolute Gasteiger partial charge is 0.250 e. The minimum absolute atomic E-state index is 0.125. The van der Waals surface area contributed by atoms with E-state index in [0.29, 0.717) is 13.1 Å². The largest absolute Gasteiger partial charge is 0.387 e. The minimum Gasteiger partial charge on any atom is -0.387 e. The second-order valence-electron chi connectivity index (χ2n) is 5.49. The van der Waals surface area contributed by atoms with Crippen LogP contribution in [0.5, 0.6) is 0 Å². The normalized spacial score (nSPS) is 14.1. The first kappa shape index (κ1) is 16.4. The third-order valence-corrected chi connectivity index (χ3v) is 2.80. The third kappa shape index (κ3) is 5.99. The first-order valence-electron chi connectivity index (χ1n) is 6.59. The Morgan fingerprint density at radius 2 is 2.15 bits per heavy atom. The number of amides is 1. The second-order valence-corrected chi connectivity index (χ2v) is 5.49. The molecule has 1 rings (SSSR count). The number of carbonyl (C=O) groups is 1. The molecule has 112 valence electrons. The number of carbonyl (C=O) groups excluding carboxylic acids is 1. The zero-order chi connectivity index (χ0) is 15.2. The molecular formula is C14H23N3O3. The van der Waals surface area contributed by atoms with E-state index < -0.39 is 5.60 Å². The van der Waals surface area contributed by atoms with Crippen LogP contribution < -0.4 is 10.9 Å². The summed E-state index contributed by atoms with van der Waals surface area (Å²) in [6, 6.07) is 4.87. The predicted octanol–water partition coefficient (Wildman–Crippen LogP) is -0.333. The molecule has 0 spiro atoms. The summed E-state index contributed by atoms with van der Waals surface area (Å²) < 4.78 is 1.48. The summed E-state index contributed by atoms with van der Waals surface area (Å²) in [4.78, 5) is 25.0. The molecule has 0 saturated heterocycles. The van der Waals surface area contributed by atoms with E-state index in [1.807, 2.05) is 19.0 Å². The summed E-state index contributed by atoms with van der Waals surface area (Å²) in [5, 5.41) is 12.7. The Hall–Kier alpha value is -1.66. The number of nitrogens with zero attached hydrogens (tertiary/aromatic N) is 2. The highest BCUT2D eigenvalue weighted by molar-refractivity contribution is 5.75. The topological polar surface area (TPSA) is 74.6 Å². The maximum absolute atomic E-state index is 11.7. The molecule has 2 N–H and O–H groups in total. The number of aromatic nitrogens is 1. The van der Waals surface area contributed by atoms with Crippen LogP contribution in [0.1, 0.15) is 13.3 Å². The molecule has 1 atom stereocenters. The van der Waals surface area contributed by atoms with E-state index in [-0.39, 0.29) is 24.4 Å². The van der Waals surface area contributed by atoms with Crippen molar-refractivity contribution in [3.05, 3.63) is 34.7 Å². The van der Waals surface area contributed by atoms with Crippen LogP contribution in [0, 0.1) is 0 Å². The number of pyridine rings is 1. The van der Waals surface area contributed by atoms with Crippen LogP contribution in [0.15, 0.2) is 29.2 Å². The first-order valence-corrected chi connectivity index (χ1v) is 6.59. The van der Waals surface area contributed by atoms with Crippen molar-refractivity contribution >= 4 is 5.91 Å². The fraction of sp³-hybridized carbons (Fsp3) is 0.571. The maximum atomic E-state index is 11.7. The average Bonchev–Trinajstić information content (AvgIpc) is 2.34. The Morgan fingerprint density at radius 3 is 2.75 bits per heavy atom. The fourth-order valence-corrected chi connectivity index (χ4v) is 1.98. The van der Waals surface area contributed by atoms with E-state index in [1.165, 1.54) is 10.6 Å². The molecule has 0 fully saturated rings. The van der Waals surface area contributed by atoms with E-state index in [4.69, 9.17) is 0 Å². The van der Waals surface area contributed by atoms with Gasteiger partial charge in [-0.25, -0.2) is 0 Å². The maximum Gasteiger partial charge on any atom is 0.250 e. The van der Waals surface area contributed by atoms with Gasteiger partial charge in [0.15, 0.2) is 0 Å². The quantitative estimate of drug-likeness (QED) is 0.717. The number of nitrogens with one attached hydrogen (secondary N) is 1. The summed E-state index contributed by atoms with van der Waals surface area (Å²) >= 11 is 0. The van der Waals surface area contributed by atoms with Gasteiger partial charge < -0.3 is 19.9 Å². The molecular weight excluding hydrogens is 258 g/mol. The van der Waals surface area contributed by atoms with E-state index in [1.54, 1.807) is 25.3 Å². The van der Waals surface area contributed by atoms with Gasteiger partial charge in [0.1, 0.15) is 0 Å². The van der Waals surface area contributed by atoms with Gasteiger partial charge in [-0.15, -0.1) is 0 Å². The molecule has 1 unspecified atom stereocenters. The monoisotopic (exact) mass is 281 g/mol. The number of hydrogen-bond donors (Lipinski definition) is 2. The number of hydrogen-bond acceptors (Lipinski definition) is 4. The molecule has 0 saturated carbocycles. The highest BCUT2D eigenvalue weighted by Gasteiger charge is 2.21. The van der Waals surface area contributed by atoms with Crippen molar-refractivity contribution in [3.8, 4) is 0 Å². The van der Waals surface area contributed by atoms with E-state index >= 15 is 0 Å². The lowest BCUT2D eigenvalue weighted by atomic mass is 10.1. The molecule has 0 bridgehead atoms. The van der Waals surface area contributed by atoms with E-state index in [0.717, 1.165) is 0 Å². The molecule has 1 aromatic rings. The summed E-state index contributed by atoms with van der Waals surface area (Å²) in [7, 11) is 3.72. The minimum atomic E-state index is -0.969. The molecule has 6 nitrogen and oxygen atoms in total. The Labute approximate surface area is 119 Å². The van der Waals surface area contributed by atoms with Gasteiger partial charge in [-0.1, -0.05) is 6.07 Å². The molecule has 1 aromatic heterocycles. The molecule has 0 aliphatic heterocycles. The Bertz CT molecular complexity index is 494. The van der Waals surface area contributed by atoms with Crippen molar-refractivity contribution in [3.63, 3.8) is 0 Å². The van der Waals surface area contributed by atoms with Gasteiger partial charge in [-0.3, -0.25) is 9.59 Å². The Morgan fingerprint density at radius 1 is 1.45 bits per heavy atom. The number of rotatable bonds is 7. The van der Waals surface area contributed by atoms with Crippen LogP contribution in [0.4, 0.5) is 0 Å². The van der Waals surface area contributed by atoms with Crippen LogP contribution >= 0.6 is 0 Å². The van der Waals surface area contributed by atoms with Crippen molar-refractivity contribution in [2.75, 3.05) is 27.2 Å². The van der Waals surface area contributed by atoms with Gasteiger partial charge in [-0.2, -0.15) is 0 Å². The van der Waals surface area contributed by atoms with Crippen LogP contribution in [0.2, 0.25) is 0 Å². The molecule has 0 aromatic carbocycles. The zero-order valence-electron chi connectivity index (χ0n) is 12.3. The molecule has 0 aliphatic rings. The van der Waals surface area contributed by atoms with Crippen molar-refractivity contribution in [1.29, 1.82) is 0 Å². The van der Waals surface area contributed by atoms with Crippen molar-refractivity contribution in [2.24, 2.45) is 0 Å². The number of aryl methyl sites for hydroxylation is 1. The van der Waals surface area contributed by atoms with Gasteiger partial charge in [-0.05, 0) is 27.1 Å². The number of likely N-dealkylation sites (N-methyl/N-ethyl adjacent to an activating group) is 1. The highest BCUT2D eigenvalue weighted by Crippen LogP contribution is 2.02. The Balaban J connectivity index is 2.38. The predicted molar refractivity (Wildman–Crippen MR) is 77.5 cm³/mol. The molecule has 0 aliphatic carbocycles. The lowest BCUT2D eigenvalue weighted by molar-refractivity contribution is -0.122. The van der Waals surface area contributed by atoms with Gasteiger partial charge in [0.2, 0.25) is 5.91 Å².